The fourth-order valence-corrected chi connectivity index (χ4v) is 2.47. The molecule has 2 rings (SSSR count). The summed E-state index contributed by atoms with van der Waals surface area (Å²) >= 11 is 3.26. The lowest BCUT2D eigenvalue weighted by molar-refractivity contribution is -0.187. The van der Waals surface area contributed by atoms with Crippen LogP contribution in [0.5, 0.6) is 0 Å². The monoisotopic (exact) mass is 459 g/mol. The number of alkyl carbamates (subject to hydrolysis) is 1. The molecule has 28 heavy (non-hydrogen) atoms. The van der Waals surface area contributed by atoms with E-state index in [9.17, 15) is 22.8 Å². The van der Waals surface area contributed by atoms with E-state index in [1.165, 1.54) is 0 Å². The molecule has 0 spiro atoms. The van der Waals surface area contributed by atoms with Crippen molar-refractivity contribution in [2.45, 2.75) is 25.2 Å². The summed E-state index contributed by atoms with van der Waals surface area (Å²) in [5, 5.41) is 2.27. The van der Waals surface area contributed by atoms with Gasteiger partial charge in [-0.15, -0.1) is 0 Å². The maximum atomic E-state index is 12.3. The molecule has 0 aliphatic carbocycles. The Morgan fingerprint density at radius 2 is 1.61 bits per heavy atom. The average Bonchev–Trinajstić information content (AvgIpc) is 2.66. The van der Waals surface area contributed by atoms with Gasteiger partial charge in [0.1, 0.15) is 12.6 Å². The third-order valence-corrected chi connectivity index (χ3v) is 4.05. The molecule has 5 nitrogen and oxygen atoms in total. The Bertz CT molecular complexity index is 782. The van der Waals surface area contributed by atoms with E-state index in [1.807, 2.05) is 0 Å². The lowest BCUT2D eigenvalue weighted by atomic mass is 10.1. The van der Waals surface area contributed by atoms with E-state index in [0.717, 1.165) is 10.0 Å². The summed E-state index contributed by atoms with van der Waals surface area (Å²) in [7, 11) is 0. The molecule has 2 aromatic rings. The number of carbonyl (C=O) groups is 2. The molecule has 0 saturated heterocycles. The molecule has 0 heterocycles. The number of hydrogen-bond acceptors (Lipinski definition) is 4. The summed E-state index contributed by atoms with van der Waals surface area (Å²) in [5.41, 5.74) is 1.35. The number of amides is 1. The van der Waals surface area contributed by atoms with Crippen molar-refractivity contribution in [3.63, 3.8) is 0 Å². The van der Waals surface area contributed by atoms with Gasteiger partial charge in [-0.1, -0.05) is 58.4 Å². The molecule has 150 valence electrons. The van der Waals surface area contributed by atoms with Crippen molar-refractivity contribution in [3.05, 3.63) is 70.2 Å². The van der Waals surface area contributed by atoms with Crippen LogP contribution in [0.15, 0.2) is 59.1 Å². The molecule has 0 fully saturated rings. The van der Waals surface area contributed by atoms with Crippen molar-refractivity contribution >= 4 is 28.0 Å². The number of ether oxygens (including phenoxy) is 2. The Kier molecular flexibility index (Phi) is 7.86. The Hall–Kier alpha value is -2.55. The fraction of sp³-hybridized carbons (Fsp3) is 0.263. The van der Waals surface area contributed by atoms with E-state index in [-0.39, 0.29) is 13.0 Å². The molecule has 0 unspecified atom stereocenters. The largest absolute Gasteiger partial charge is 0.454 e. The summed E-state index contributed by atoms with van der Waals surface area (Å²) in [4.78, 5) is 24.1. The van der Waals surface area contributed by atoms with Crippen LogP contribution in [-0.2, 0) is 27.3 Å². The third-order valence-electron chi connectivity index (χ3n) is 3.52. The predicted molar refractivity (Wildman–Crippen MR) is 98.4 cm³/mol. The Morgan fingerprint density at radius 1 is 0.964 bits per heavy atom. The van der Waals surface area contributed by atoms with Crippen LogP contribution in [0.2, 0.25) is 0 Å². The molecular weight excluding hydrogens is 443 g/mol. The zero-order valence-corrected chi connectivity index (χ0v) is 16.1. The highest BCUT2D eigenvalue weighted by atomic mass is 79.9. The molecule has 2 aromatic carbocycles. The quantitative estimate of drug-likeness (QED) is 0.623. The molecule has 0 aliphatic heterocycles. The standard InChI is InChI=1S/C19H17BrF3NO4/c20-15-8-6-13(7-9-15)10-16(17(25)28-12-19(21,22)23)24-18(26)27-11-14-4-2-1-3-5-14/h1-9,16H,10-12H2,(H,24,26)/t16-/m0/s1. The van der Waals surface area contributed by atoms with Crippen molar-refractivity contribution in [3.8, 4) is 0 Å². The summed E-state index contributed by atoms with van der Waals surface area (Å²) in [5.74, 6) is -1.20. The lowest BCUT2D eigenvalue weighted by Crippen LogP contribution is -2.44. The van der Waals surface area contributed by atoms with Crippen molar-refractivity contribution in [2.75, 3.05) is 6.61 Å². The Balaban J connectivity index is 2.00. The first-order chi connectivity index (χ1) is 13.2. The van der Waals surface area contributed by atoms with Crippen LogP contribution in [0.1, 0.15) is 11.1 Å². The second kappa shape index (κ2) is 10.1. The molecule has 0 aromatic heterocycles. The van der Waals surface area contributed by atoms with E-state index < -0.39 is 30.9 Å². The highest BCUT2D eigenvalue weighted by molar-refractivity contribution is 9.10. The van der Waals surface area contributed by atoms with Crippen molar-refractivity contribution in [2.24, 2.45) is 0 Å². The number of halogens is 4. The fourth-order valence-electron chi connectivity index (χ4n) is 2.21. The number of esters is 1. The highest BCUT2D eigenvalue weighted by Crippen LogP contribution is 2.16. The van der Waals surface area contributed by atoms with Crippen LogP contribution in [0.25, 0.3) is 0 Å². The van der Waals surface area contributed by atoms with Crippen molar-refractivity contribution < 1.29 is 32.2 Å². The van der Waals surface area contributed by atoms with E-state index >= 15 is 0 Å². The Labute approximate surface area is 168 Å². The number of rotatable bonds is 7. The van der Waals surface area contributed by atoms with E-state index in [1.54, 1.807) is 54.6 Å². The van der Waals surface area contributed by atoms with Gasteiger partial charge in [0.2, 0.25) is 0 Å². The van der Waals surface area contributed by atoms with Crippen molar-refractivity contribution in [1.29, 1.82) is 0 Å². The molecule has 1 amide bonds. The van der Waals surface area contributed by atoms with Crippen LogP contribution < -0.4 is 5.32 Å². The number of carbonyl (C=O) groups excluding carboxylic acids is 2. The molecule has 0 radical (unpaired) electrons. The minimum atomic E-state index is -4.66. The number of nitrogens with one attached hydrogen (secondary N) is 1. The summed E-state index contributed by atoms with van der Waals surface area (Å²) in [6.07, 6.45) is -5.65. The third kappa shape index (κ3) is 7.99. The van der Waals surface area contributed by atoms with Crippen LogP contribution in [0.3, 0.4) is 0 Å². The zero-order chi connectivity index (χ0) is 20.6. The van der Waals surface area contributed by atoms with Crippen LogP contribution >= 0.6 is 15.9 Å². The molecule has 0 bridgehead atoms. The van der Waals surface area contributed by atoms with Gasteiger partial charge in [-0.25, -0.2) is 9.59 Å². The van der Waals surface area contributed by atoms with E-state index in [2.05, 4.69) is 26.0 Å². The van der Waals surface area contributed by atoms with Gasteiger partial charge in [-0.05, 0) is 23.3 Å². The first-order valence-corrected chi connectivity index (χ1v) is 8.97. The van der Waals surface area contributed by atoms with Gasteiger partial charge < -0.3 is 14.8 Å². The second-order valence-electron chi connectivity index (χ2n) is 5.81. The molecule has 0 aliphatic rings. The topological polar surface area (TPSA) is 64.6 Å². The van der Waals surface area contributed by atoms with Crippen molar-refractivity contribution in [1.82, 2.24) is 5.32 Å². The number of alkyl halides is 3. The molecule has 9 heteroatoms. The van der Waals surface area contributed by atoms with Gasteiger partial charge in [-0.3, -0.25) is 0 Å². The molecule has 1 atom stereocenters. The summed E-state index contributed by atoms with van der Waals surface area (Å²) in [6, 6.07) is 14.2. The van der Waals surface area contributed by atoms with E-state index in [0.29, 0.717) is 5.56 Å². The smallest absolute Gasteiger partial charge is 0.422 e. The predicted octanol–water partition coefficient (Wildman–Crippen LogP) is 4.39. The van der Waals surface area contributed by atoms with Crippen LogP contribution in [0, 0.1) is 0 Å². The Morgan fingerprint density at radius 3 is 2.21 bits per heavy atom. The minimum Gasteiger partial charge on any atom is -0.454 e. The van der Waals surface area contributed by atoms with Gasteiger partial charge >= 0.3 is 18.2 Å². The maximum absolute atomic E-state index is 12.3. The zero-order valence-electron chi connectivity index (χ0n) is 14.5. The highest BCUT2D eigenvalue weighted by Gasteiger charge is 2.32. The number of hydrogen-bond donors (Lipinski definition) is 1. The van der Waals surface area contributed by atoms with Gasteiger partial charge in [0.15, 0.2) is 6.61 Å². The molecular formula is C19H17BrF3NO4. The van der Waals surface area contributed by atoms with Crippen LogP contribution in [-0.4, -0.2) is 30.9 Å². The number of benzene rings is 2. The van der Waals surface area contributed by atoms with Gasteiger partial charge in [0.25, 0.3) is 0 Å². The lowest BCUT2D eigenvalue weighted by Gasteiger charge is -2.18. The average molecular weight is 460 g/mol. The summed E-state index contributed by atoms with van der Waals surface area (Å²) in [6.45, 7) is -1.78. The maximum Gasteiger partial charge on any atom is 0.422 e. The van der Waals surface area contributed by atoms with E-state index in [4.69, 9.17) is 4.74 Å². The first-order valence-electron chi connectivity index (χ1n) is 8.18. The normalized spacial score (nSPS) is 12.1. The van der Waals surface area contributed by atoms with Gasteiger partial charge in [0, 0.05) is 10.9 Å². The first kappa shape index (κ1) is 21.7. The molecule has 1 N–H and O–H groups in total. The SMILES string of the molecule is O=C(N[C@@H](Cc1ccc(Br)cc1)C(=O)OCC(F)(F)F)OCc1ccccc1. The summed E-state index contributed by atoms with van der Waals surface area (Å²) < 4.78 is 47.1. The van der Waals surface area contributed by atoms with Crippen LogP contribution in [0.4, 0.5) is 18.0 Å². The van der Waals surface area contributed by atoms with Gasteiger partial charge in [0.05, 0.1) is 0 Å². The van der Waals surface area contributed by atoms with Gasteiger partial charge in [-0.2, -0.15) is 13.2 Å². The minimum absolute atomic E-state index is 0.0464. The molecule has 0 saturated carbocycles. The second-order valence-corrected chi connectivity index (χ2v) is 6.73.